The lowest BCUT2D eigenvalue weighted by atomic mass is 10.1. The van der Waals surface area contributed by atoms with Gasteiger partial charge in [-0.2, -0.15) is 0 Å². The van der Waals surface area contributed by atoms with Gasteiger partial charge in [0.1, 0.15) is 0 Å². The normalized spacial score (nSPS) is 20.1. The maximum Gasteiger partial charge on any atom is 0.0441 e. The number of nitrogens with zero attached hydrogens (tertiary/aromatic N) is 1. The Morgan fingerprint density at radius 3 is 2.42 bits per heavy atom. The fourth-order valence-electron chi connectivity index (χ4n) is 2.41. The number of nitrogens with one attached hydrogen (secondary N) is 1. The van der Waals surface area contributed by atoms with Crippen LogP contribution in [0.25, 0.3) is 0 Å². The molecule has 1 atom stereocenters. The molecule has 0 aliphatic carbocycles. The highest BCUT2D eigenvalue weighted by Crippen LogP contribution is 2.29. The van der Waals surface area contributed by atoms with Gasteiger partial charge in [-0.05, 0) is 51.3 Å². The molecular formula is C15H22Cl2N2. The number of rotatable bonds is 3. The van der Waals surface area contributed by atoms with Crippen molar-refractivity contribution in [2.24, 2.45) is 5.92 Å². The third-order valence-corrected chi connectivity index (χ3v) is 3.86. The summed E-state index contributed by atoms with van der Waals surface area (Å²) in [7, 11) is 0. The molecule has 0 aromatic heterocycles. The van der Waals surface area contributed by atoms with E-state index in [-0.39, 0.29) is 5.54 Å². The van der Waals surface area contributed by atoms with Crippen molar-refractivity contribution in [1.29, 1.82) is 0 Å². The van der Waals surface area contributed by atoms with Gasteiger partial charge < -0.3 is 10.2 Å². The van der Waals surface area contributed by atoms with Crippen LogP contribution in [0.15, 0.2) is 18.2 Å². The first kappa shape index (κ1) is 15.0. The lowest BCUT2D eigenvalue weighted by molar-refractivity contribution is 0.383. The van der Waals surface area contributed by atoms with Crippen LogP contribution in [-0.2, 0) is 0 Å². The minimum atomic E-state index is 0.187. The highest BCUT2D eigenvalue weighted by Gasteiger charge is 2.24. The molecule has 0 amide bonds. The number of hydrogen-bond donors (Lipinski definition) is 1. The van der Waals surface area contributed by atoms with Crippen molar-refractivity contribution in [2.45, 2.75) is 32.7 Å². The van der Waals surface area contributed by atoms with E-state index in [0.717, 1.165) is 25.3 Å². The third kappa shape index (κ3) is 4.55. The first-order chi connectivity index (χ1) is 8.83. The molecule has 0 bridgehead atoms. The van der Waals surface area contributed by atoms with Crippen molar-refractivity contribution in [3.8, 4) is 0 Å². The quantitative estimate of drug-likeness (QED) is 0.899. The summed E-state index contributed by atoms with van der Waals surface area (Å²) in [6, 6.07) is 5.77. The maximum absolute atomic E-state index is 6.06. The molecule has 1 aliphatic heterocycles. The van der Waals surface area contributed by atoms with Crippen LogP contribution in [0, 0.1) is 5.92 Å². The van der Waals surface area contributed by atoms with Gasteiger partial charge in [0.2, 0.25) is 0 Å². The second-order valence-electron chi connectivity index (χ2n) is 6.36. The van der Waals surface area contributed by atoms with Crippen molar-refractivity contribution in [1.82, 2.24) is 5.32 Å². The van der Waals surface area contributed by atoms with Crippen LogP contribution in [-0.4, -0.2) is 25.2 Å². The lowest BCUT2D eigenvalue weighted by Gasteiger charge is -2.24. The lowest BCUT2D eigenvalue weighted by Crippen LogP contribution is -2.39. The van der Waals surface area contributed by atoms with E-state index in [1.54, 1.807) is 6.07 Å². The van der Waals surface area contributed by atoms with E-state index in [1.807, 2.05) is 12.1 Å². The molecule has 1 saturated heterocycles. The summed E-state index contributed by atoms with van der Waals surface area (Å²) in [6.45, 7) is 9.82. The Kier molecular flexibility index (Phi) is 4.65. The first-order valence-corrected chi connectivity index (χ1v) is 7.55. The van der Waals surface area contributed by atoms with Gasteiger partial charge in [-0.3, -0.25) is 0 Å². The van der Waals surface area contributed by atoms with Crippen molar-refractivity contribution in [2.75, 3.05) is 24.5 Å². The van der Waals surface area contributed by atoms with E-state index in [9.17, 15) is 0 Å². The molecule has 1 aliphatic rings. The Morgan fingerprint density at radius 1 is 1.21 bits per heavy atom. The summed E-state index contributed by atoms with van der Waals surface area (Å²) in [5.74, 6) is 0.692. The van der Waals surface area contributed by atoms with Gasteiger partial charge in [0, 0.05) is 40.9 Å². The van der Waals surface area contributed by atoms with E-state index in [2.05, 4.69) is 31.0 Å². The predicted molar refractivity (Wildman–Crippen MR) is 84.5 cm³/mol. The number of halogens is 2. The maximum atomic E-state index is 6.06. The molecule has 1 aromatic carbocycles. The van der Waals surface area contributed by atoms with E-state index >= 15 is 0 Å². The Balaban J connectivity index is 1.94. The van der Waals surface area contributed by atoms with Crippen molar-refractivity contribution < 1.29 is 0 Å². The predicted octanol–water partition coefficient (Wildman–Crippen LogP) is 4.21. The molecule has 1 heterocycles. The molecular weight excluding hydrogens is 279 g/mol. The van der Waals surface area contributed by atoms with E-state index in [0.29, 0.717) is 16.0 Å². The Hall–Kier alpha value is -0.440. The molecule has 1 N–H and O–H groups in total. The van der Waals surface area contributed by atoms with Crippen LogP contribution in [0.2, 0.25) is 10.0 Å². The Bertz CT molecular complexity index is 420. The summed E-state index contributed by atoms with van der Waals surface area (Å²) in [6.07, 6.45) is 1.22. The van der Waals surface area contributed by atoms with Crippen LogP contribution >= 0.6 is 23.2 Å². The van der Waals surface area contributed by atoms with Crippen molar-refractivity contribution in [3.63, 3.8) is 0 Å². The third-order valence-electron chi connectivity index (χ3n) is 3.42. The fourth-order valence-corrected chi connectivity index (χ4v) is 2.92. The molecule has 1 unspecified atom stereocenters. The monoisotopic (exact) mass is 300 g/mol. The molecule has 1 aromatic rings. The molecule has 2 nitrogen and oxygen atoms in total. The van der Waals surface area contributed by atoms with Crippen LogP contribution in [0.3, 0.4) is 0 Å². The van der Waals surface area contributed by atoms with Gasteiger partial charge in [0.05, 0.1) is 0 Å². The van der Waals surface area contributed by atoms with E-state index in [1.165, 1.54) is 6.42 Å². The van der Waals surface area contributed by atoms with Gasteiger partial charge in [0.25, 0.3) is 0 Å². The topological polar surface area (TPSA) is 15.3 Å². The summed E-state index contributed by atoms with van der Waals surface area (Å²) < 4.78 is 0. The van der Waals surface area contributed by atoms with Crippen molar-refractivity contribution >= 4 is 28.9 Å². The average molecular weight is 301 g/mol. The molecule has 106 valence electrons. The van der Waals surface area contributed by atoms with Gasteiger partial charge in [0.15, 0.2) is 0 Å². The van der Waals surface area contributed by atoms with Crippen LogP contribution in [0.5, 0.6) is 0 Å². The zero-order valence-electron chi connectivity index (χ0n) is 11.8. The fraction of sp³-hybridized carbons (Fsp3) is 0.600. The average Bonchev–Trinajstić information content (AvgIpc) is 2.72. The van der Waals surface area contributed by atoms with Crippen molar-refractivity contribution in [3.05, 3.63) is 28.2 Å². The summed E-state index contributed by atoms with van der Waals surface area (Å²) in [5, 5.41) is 4.99. The largest absolute Gasteiger partial charge is 0.371 e. The zero-order valence-corrected chi connectivity index (χ0v) is 13.4. The minimum Gasteiger partial charge on any atom is -0.371 e. The zero-order chi connectivity index (χ0) is 14.0. The number of anilines is 1. The first-order valence-electron chi connectivity index (χ1n) is 6.79. The highest BCUT2D eigenvalue weighted by atomic mass is 35.5. The molecule has 0 saturated carbocycles. The molecule has 0 radical (unpaired) electrons. The number of benzene rings is 1. The Labute approximate surface area is 126 Å². The Morgan fingerprint density at radius 2 is 1.84 bits per heavy atom. The number of hydrogen-bond acceptors (Lipinski definition) is 2. The van der Waals surface area contributed by atoms with Gasteiger partial charge in [-0.1, -0.05) is 23.2 Å². The van der Waals surface area contributed by atoms with E-state index < -0.39 is 0 Å². The second kappa shape index (κ2) is 5.90. The molecule has 1 fully saturated rings. The standard InChI is InChI=1S/C15H22Cl2N2/c1-15(2,3)18-9-11-4-5-19(10-11)14-7-12(16)6-13(17)8-14/h6-8,11,18H,4-5,9-10H2,1-3H3. The summed E-state index contributed by atoms with van der Waals surface area (Å²) in [4.78, 5) is 2.37. The van der Waals surface area contributed by atoms with Gasteiger partial charge >= 0.3 is 0 Å². The molecule has 0 spiro atoms. The molecule has 2 rings (SSSR count). The van der Waals surface area contributed by atoms with Gasteiger partial charge in [-0.15, -0.1) is 0 Å². The molecule has 4 heteroatoms. The summed E-state index contributed by atoms with van der Waals surface area (Å²) >= 11 is 12.1. The molecule has 19 heavy (non-hydrogen) atoms. The van der Waals surface area contributed by atoms with Gasteiger partial charge in [-0.25, -0.2) is 0 Å². The highest BCUT2D eigenvalue weighted by molar-refractivity contribution is 6.35. The second-order valence-corrected chi connectivity index (χ2v) is 7.23. The van der Waals surface area contributed by atoms with E-state index in [4.69, 9.17) is 23.2 Å². The smallest absolute Gasteiger partial charge is 0.0441 e. The van der Waals surface area contributed by atoms with Crippen LogP contribution in [0.1, 0.15) is 27.2 Å². The summed E-state index contributed by atoms with van der Waals surface area (Å²) in [5.41, 5.74) is 1.32. The van der Waals surface area contributed by atoms with Crippen LogP contribution in [0.4, 0.5) is 5.69 Å². The SMILES string of the molecule is CC(C)(C)NCC1CCN(c2cc(Cl)cc(Cl)c2)C1. The van der Waals surface area contributed by atoms with Crippen LogP contribution < -0.4 is 10.2 Å². The minimum absolute atomic E-state index is 0.187.